The number of likely N-dealkylation sites (N-methyl/N-ethyl adjacent to an activating group) is 1. The van der Waals surface area contributed by atoms with Crippen LogP contribution in [0.4, 0.5) is 0 Å². The lowest BCUT2D eigenvalue weighted by Gasteiger charge is -2.17. The van der Waals surface area contributed by atoms with E-state index in [1.54, 1.807) is 11.9 Å². The van der Waals surface area contributed by atoms with Crippen molar-refractivity contribution in [3.05, 3.63) is 64.1 Å². The Morgan fingerprint density at radius 1 is 1.10 bits per heavy atom. The van der Waals surface area contributed by atoms with Gasteiger partial charge in [0.25, 0.3) is 5.91 Å². The molecular weight excluding hydrogens is 330 g/mol. The fourth-order valence-corrected chi connectivity index (χ4v) is 2.11. The van der Waals surface area contributed by atoms with Gasteiger partial charge < -0.3 is 9.64 Å². The van der Waals surface area contributed by atoms with Crippen LogP contribution in [0.2, 0.25) is 0 Å². The summed E-state index contributed by atoms with van der Waals surface area (Å²) in [5.74, 6) is 0.820. The lowest BCUT2D eigenvalue weighted by atomic mass is 10.2. The summed E-state index contributed by atoms with van der Waals surface area (Å²) in [7, 11) is 1.78. The quantitative estimate of drug-likeness (QED) is 0.820. The molecule has 0 heterocycles. The van der Waals surface area contributed by atoms with E-state index in [-0.39, 0.29) is 5.91 Å². The van der Waals surface area contributed by atoms with Crippen LogP contribution in [0.25, 0.3) is 0 Å². The van der Waals surface area contributed by atoms with Crippen LogP contribution in [0.5, 0.6) is 5.75 Å². The molecule has 0 saturated heterocycles. The summed E-state index contributed by atoms with van der Waals surface area (Å²) in [6.45, 7) is 3.05. The molecule has 2 aromatic rings. The number of carbonyl (C=O) groups is 1. The van der Waals surface area contributed by atoms with Crippen LogP contribution in [0.3, 0.4) is 0 Å². The van der Waals surface area contributed by atoms with E-state index in [1.807, 2.05) is 55.5 Å². The van der Waals surface area contributed by atoms with Gasteiger partial charge in [0.2, 0.25) is 0 Å². The number of ether oxygens (including phenoxy) is 1. The van der Waals surface area contributed by atoms with Crippen molar-refractivity contribution in [2.24, 2.45) is 0 Å². The van der Waals surface area contributed by atoms with Crippen LogP contribution in [0, 0.1) is 6.92 Å². The Balaban J connectivity index is 1.83. The van der Waals surface area contributed by atoms with Crippen molar-refractivity contribution in [2.45, 2.75) is 6.92 Å². The highest BCUT2D eigenvalue weighted by atomic mass is 79.9. The zero-order valence-corrected chi connectivity index (χ0v) is 13.8. The molecule has 2 aromatic carbocycles. The van der Waals surface area contributed by atoms with Crippen molar-refractivity contribution in [3.8, 4) is 5.75 Å². The maximum atomic E-state index is 12.2. The number of carbonyl (C=O) groups excluding carboxylic acids is 1. The van der Waals surface area contributed by atoms with Crippen molar-refractivity contribution in [1.82, 2.24) is 4.90 Å². The van der Waals surface area contributed by atoms with E-state index in [0.29, 0.717) is 18.7 Å². The molecule has 0 atom stereocenters. The molecular formula is C17H18BrNO2. The SMILES string of the molecule is Cc1ccc(OCCN(C)C(=O)c2ccc(Br)cc2)cc1. The maximum absolute atomic E-state index is 12.2. The standard InChI is InChI=1S/C17H18BrNO2/c1-13-3-9-16(10-4-13)21-12-11-19(2)17(20)14-5-7-15(18)8-6-14/h3-10H,11-12H2,1-2H3. The molecule has 0 aromatic heterocycles. The normalized spacial score (nSPS) is 10.2. The predicted molar refractivity (Wildman–Crippen MR) is 87.8 cm³/mol. The largest absolute Gasteiger partial charge is 0.492 e. The van der Waals surface area contributed by atoms with Crippen molar-refractivity contribution >= 4 is 21.8 Å². The number of nitrogens with zero attached hydrogens (tertiary/aromatic N) is 1. The Morgan fingerprint density at radius 2 is 1.71 bits per heavy atom. The van der Waals surface area contributed by atoms with Crippen molar-refractivity contribution < 1.29 is 9.53 Å². The molecule has 110 valence electrons. The average molecular weight is 348 g/mol. The van der Waals surface area contributed by atoms with Crippen molar-refractivity contribution in [2.75, 3.05) is 20.2 Å². The van der Waals surface area contributed by atoms with Gasteiger partial charge in [-0.3, -0.25) is 4.79 Å². The van der Waals surface area contributed by atoms with Crippen LogP contribution >= 0.6 is 15.9 Å². The lowest BCUT2D eigenvalue weighted by Crippen LogP contribution is -2.30. The summed E-state index contributed by atoms with van der Waals surface area (Å²) in [6, 6.07) is 15.2. The molecule has 0 N–H and O–H groups in total. The molecule has 0 aliphatic heterocycles. The van der Waals surface area contributed by atoms with Crippen molar-refractivity contribution in [3.63, 3.8) is 0 Å². The van der Waals surface area contributed by atoms with Crippen molar-refractivity contribution in [1.29, 1.82) is 0 Å². The van der Waals surface area contributed by atoms with Gasteiger partial charge in [0, 0.05) is 17.1 Å². The van der Waals surface area contributed by atoms with Gasteiger partial charge in [-0.25, -0.2) is 0 Å². The highest BCUT2D eigenvalue weighted by Gasteiger charge is 2.11. The van der Waals surface area contributed by atoms with Crippen LogP contribution < -0.4 is 4.74 Å². The third-order valence-corrected chi connectivity index (χ3v) is 3.68. The highest BCUT2D eigenvalue weighted by molar-refractivity contribution is 9.10. The van der Waals surface area contributed by atoms with E-state index in [4.69, 9.17) is 4.74 Å². The van der Waals surface area contributed by atoms with Gasteiger partial charge in [-0.05, 0) is 43.3 Å². The Kier molecular flexibility index (Phi) is 5.39. The van der Waals surface area contributed by atoms with Crippen LogP contribution in [0.1, 0.15) is 15.9 Å². The topological polar surface area (TPSA) is 29.5 Å². The number of amides is 1. The second-order valence-electron chi connectivity index (χ2n) is 4.90. The zero-order valence-electron chi connectivity index (χ0n) is 12.2. The van der Waals surface area contributed by atoms with E-state index < -0.39 is 0 Å². The van der Waals surface area contributed by atoms with Gasteiger partial charge in [0.15, 0.2) is 0 Å². The summed E-state index contributed by atoms with van der Waals surface area (Å²) < 4.78 is 6.60. The van der Waals surface area contributed by atoms with Crippen LogP contribution in [-0.4, -0.2) is 31.0 Å². The van der Waals surface area contributed by atoms with E-state index in [1.165, 1.54) is 5.56 Å². The van der Waals surface area contributed by atoms with E-state index in [2.05, 4.69) is 15.9 Å². The Bertz CT molecular complexity index is 593. The molecule has 0 saturated carbocycles. The Hall–Kier alpha value is -1.81. The first-order chi connectivity index (χ1) is 10.1. The minimum Gasteiger partial charge on any atom is -0.492 e. The van der Waals surface area contributed by atoms with Gasteiger partial charge in [0.1, 0.15) is 12.4 Å². The van der Waals surface area contributed by atoms with E-state index >= 15 is 0 Å². The molecule has 0 aliphatic carbocycles. The molecule has 0 radical (unpaired) electrons. The minimum absolute atomic E-state index is 0.00462. The maximum Gasteiger partial charge on any atom is 0.253 e. The molecule has 0 bridgehead atoms. The van der Waals surface area contributed by atoms with E-state index in [0.717, 1.165) is 10.2 Å². The van der Waals surface area contributed by atoms with Gasteiger partial charge in [-0.15, -0.1) is 0 Å². The second-order valence-corrected chi connectivity index (χ2v) is 5.81. The molecule has 4 heteroatoms. The third kappa shape index (κ3) is 4.60. The number of aryl methyl sites for hydroxylation is 1. The summed E-state index contributed by atoms with van der Waals surface area (Å²) in [5, 5.41) is 0. The summed E-state index contributed by atoms with van der Waals surface area (Å²) in [4.78, 5) is 13.9. The Morgan fingerprint density at radius 3 is 2.33 bits per heavy atom. The average Bonchev–Trinajstić information content (AvgIpc) is 2.49. The fraction of sp³-hybridized carbons (Fsp3) is 0.235. The zero-order chi connectivity index (χ0) is 15.2. The first-order valence-corrected chi connectivity index (χ1v) is 7.56. The first kappa shape index (κ1) is 15.6. The number of rotatable bonds is 5. The lowest BCUT2D eigenvalue weighted by molar-refractivity contribution is 0.0774. The number of hydrogen-bond donors (Lipinski definition) is 0. The number of halogens is 1. The minimum atomic E-state index is -0.00462. The predicted octanol–water partition coefficient (Wildman–Crippen LogP) is 3.91. The van der Waals surface area contributed by atoms with Crippen LogP contribution in [-0.2, 0) is 0 Å². The highest BCUT2D eigenvalue weighted by Crippen LogP contribution is 2.13. The second kappa shape index (κ2) is 7.27. The summed E-state index contributed by atoms with van der Waals surface area (Å²) in [5.41, 5.74) is 1.88. The third-order valence-electron chi connectivity index (χ3n) is 3.15. The molecule has 0 unspecified atom stereocenters. The van der Waals surface area contributed by atoms with E-state index in [9.17, 15) is 4.79 Å². The Labute approximate surface area is 133 Å². The number of hydrogen-bond acceptors (Lipinski definition) is 2. The van der Waals surface area contributed by atoms with Gasteiger partial charge in [-0.1, -0.05) is 33.6 Å². The molecule has 0 aliphatic rings. The van der Waals surface area contributed by atoms with Gasteiger partial charge >= 0.3 is 0 Å². The molecule has 21 heavy (non-hydrogen) atoms. The molecule has 3 nitrogen and oxygen atoms in total. The summed E-state index contributed by atoms with van der Waals surface area (Å²) >= 11 is 3.36. The number of benzene rings is 2. The fourth-order valence-electron chi connectivity index (χ4n) is 1.85. The van der Waals surface area contributed by atoms with Gasteiger partial charge in [-0.2, -0.15) is 0 Å². The molecule has 1 amide bonds. The smallest absolute Gasteiger partial charge is 0.253 e. The van der Waals surface area contributed by atoms with Crippen LogP contribution in [0.15, 0.2) is 53.0 Å². The molecule has 0 fully saturated rings. The monoisotopic (exact) mass is 347 g/mol. The van der Waals surface area contributed by atoms with Gasteiger partial charge in [0.05, 0.1) is 6.54 Å². The summed E-state index contributed by atoms with van der Waals surface area (Å²) in [6.07, 6.45) is 0. The molecule has 0 spiro atoms. The molecule has 2 rings (SSSR count). The first-order valence-electron chi connectivity index (χ1n) is 6.77.